The van der Waals surface area contributed by atoms with Gasteiger partial charge in [0.05, 0.1) is 13.2 Å². The summed E-state index contributed by atoms with van der Waals surface area (Å²) in [5.41, 5.74) is 6.04. The molecule has 1 aromatic rings. The minimum absolute atomic E-state index is 0.118. The summed E-state index contributed by atoms with van der Waals surface area (Å²) in [4.78, 5) is 11.0. The van der Waals surface area contributed by atoms with Crippen LogP contribution in [0.3, 0.4) is 0 Å². The highest BCUT2D eigenvalue weighted by atomic mass is 79.9. The van der Waals surface area contributed by atoms with E-state index in [1.165, 1.54) is 7.11 Å². The third-order valence-corrected chi connectivity index (χ3v) is 2.95. The highest BCUT2D eigenvalue weighted by Gasteiger charge is 2.25. The van der Waals surface area contributed by atoms with Gasteiger partial charge in [0, 0.05) is 10.0 Å². The van der Waals surface area contributed by atoms with Crippen LogP contribution in [0, 0.1) is 0 Å². The summed E-state index contributed by atoms with van der Waals surface area (Å²) in [6, 6.07) is 2.20. The van der Waals surface area contributed by atoms with Crippen LogP contribution in [0.1, 0.15) is 25.5 Å². The summed E-state index contributed by atoms with van der Waals surface area (Å²) in [5, 5.41) is 9.04. The summed E-state index contributed by atoms with van der Waals surface area (Å²) in [7, 11) is 1.49. The van der Waals surface area contributed by atoms with Gasteiger partial charge < -0.3 is 20.3 Å². The zero-order chi connectivity index (χ0) is 13.9. The lowest BCUT2D eigenvalue weighted by Crippen LogP contribution is -2.23. The highest BCUT2D eigenvalue weighted by Crippen LogP contribution is 2.39. The molecule has 0 bridgehead atoms. The Morgan fingerprint density at radius 3 is 2.50 bits per heavy atom. The maximum Gasteiger partial charge on any atom is 0.325 e. The third-order valence-electron chi connectivity index (χ3n) is 2.26. The molecular weight excluding hydrogens is 302 g/mol. The first-order valence-corrected chi connectivity index (χ1v) is 6.19. The Balaban J connectivity index is 3.39. The van der Waals surface area contributed by atoms with Crippen LogP contribution in [0.2, 0.25) is 0 Å². The maximum atomic E-state index is 11.0. The fourth-order valence-electron chi connectivity index (χ4n) is 1.49. The minimum Gasteiger partial charge on any atom is -0.493 e. The third kappa shape index (κ3) is 3.14. The quantitative estimate of drug-likeness (QED) is 0.871. The van der Waals surface area contributed by atoms with Crippen LogP contribution in [-0.2, 0) is 4.79 Å². The Morgan fingerprint density at radius 1 is 1.44 bits per heavy atom. The average Bonchev–Trinajstić information content (AvgIpc) is 2.28. The number of hydrogen-bond acceptors (Lipinski definition) is 4. The van der Waals surface area contributed by atoms with Crippen LogP contribution in [-0.4, -0.2) is 24.3 Å². The standard InChI is InChI=1S/C12H16BrNO4/c1-6(2)18-11-8(17-3)5-4-7(13)9(11)10(14)12(15)16/h4-6,10H,14H2,1-3H3,(H,15,16). The van der Waals surface area contributed by atoms with Crippen molar-refractivity contribution in [2.75, 3.05) is 7.11 Å². The molecule has 0 spiro atoms. The first-order valence-electron chi connectivity index (χ1n) is 5.39. The van der Waals surface area contributed by atoms with Gasteiger partial charge in [-0.2, -0.15) is 0 Å². The number of methoxy groups -OCH3 is 1. The molecule has 0 heterocycles. The Hall–Kier alpha value is -1.27. The van der Waals surface area contributed by atoms with Gasteiger partial charge in [0.15, 0.2) is 11.5 Å². The molecule has 0 aromatic heterocycles. The number of nitrogens with two attached hydrogens (primary N) is 1. The molecule has 0 fully saturated rings. The number of ether oxygens (including phenoxy) is 2. The van der Waals surface area contributed by atoms with Gasteiger partial charge in [0.1, 0.15) is 6.04 Å². The molecule has 0 aliphatic rings. The molecule has 100 valence electrons. The van der Waals surface area contributed by atoms with Gasteiger partial charge in [-0.05, 0) is 26.0 Å². The summed E-state index contributed by atoms with van der Waals surface area (Å²) in [6.45, 7) is 3.69. The fourth-order valence-corrected chi connectivity index (χ4v) is 2.05. The summed E-state index contributed by atoms with van der Waals surface area (Å²) < 4.78 is 11.4. The van der Waals surface area contributed by atoms with E-state index in [2.05, 4.69) is 15.9 Å². The Morgan fingerprint density at radius 2 is 2.06 bits per heavy atom. The van der Waals surface area contributed by atoms with Crippen molar-refractivity contribution >= 4 is 21.9 Å². The Kier molecular flexibility index (Phi) is 4.98. The average molecular weight is 318 g/mol. The van der Waals surface area contributed by atoms with Crippen molar-refractivity contribution in [3.05, 3.63) is 22.2 Å². The van der Waals surface area contributed by atoms with E-state index in [0.29, 0.717) is 21.5 Å². The van der Waals surface area contributed by atoms with E-state index in [9.17, 15) is 4.79 Å². The van der Waals surface area contributed by atoms with Crippen LogP contribution in [0.25, 0.3) is 0 Å². The molecule has 3 N–H and O–H groups in total. The van der Waals surface area contributed by atoms with Crippen LogP contribution in [0.4, 0.5) is 0 Å². The van der Waals surface area contributed by atoms with Crippen LogP contribution in [0.15, 0.2) is 16.6 Å². The molecule has 6 heteroatoms. The first kappa shape index (κ1) is 14.8. The van der Waals surface area contributed by atoms with Gasteiger partial charge in [-0.25, -0.2) is 0 Å². The number of carboxylic acids is 1. The van der Waals surface area contributed by atoms with Crippen molar-refractivity contribution in [1.82, 2.24) is 0 Å². The van der Waals surface area contributed by atoms with Gasteiger partial charge in [-0.3, -0.25) is 4.79 Å². The molecule has 0 aliphatic heterocycles. The lowest BCUT2D eigenvalue weighted by Gasteiger charge is -2.20. The summed E-state index contributed by atoms with van der Waals surface area (Å²) >= 11 is 3.29. The zero-order valence-corrected chi connectivity index (χ0v) is 12.0. The van der Waals surface area contributed by atoms with E-state index in [0.717, 1.165) is 0 Å². The molecule has 0 aliphatic carbocycles. The molecule has 0 saturated carbocycles. The molecule has 0 radical (unpaired) electrons. The monoisotopic (exact) mass is 317 g/mol. The summed E-state index contributed by atoms with van der Waals surface area (Å²) in [5.74, 6) is -0.312. The van der Waals surface area contributed by atoms with Gasteiger partial charge in [-0.1, -0.05) is 15.9 Å². The summed E-state index contributed by atoms with van der Waals surface area (Å²) in [6.07, 6.45) is -0.118. The lowest BCUT2D eigenvalue weighted by molar-refractivity contribution is -0.138. The Labute approximate surface area is 114 Å². The highest BCUT2D eigenvalue weighted by molar-refractivity contribution is 9.10. The second kappa shape index (κ2) is 6.06. The van der Waals surface area contributed by atoms with Crippen LogP contribution in [0.5, 0.6) is 11.5 Å². The minimum atomic E-state index is -1.18. The predicted molar refractivity (Wildman–Crippen MR) is 71.0 cm³/mol. The first-order chi connectivity index (χ1) is 8.38. The largest absolute Gasteiger partial charge is 0.493 e. The molecule has 0 saturated heterocycles. The van der Waals surface area contributed by atoms with E-state index >= 15 is 0 Å². The van der Waals surface area contributed by atoms with Gasteiger partial charge in [0.25, 0.3) is 0 Å². The number of benzene rings is 1. The van der Waals surface area contributed by atoms with E-state index in [-0.39, 0.29) is 6.10 Å². The topological polar surface area (TPSA) is 81.8 Å². The van der Waals surface area contributed by atoms with Crippen molar-refractivity contribution in [3.63, 3.8) is 0 Å². The predicted octanol–water partition coefficient (Wildman–Crippen LogP) is 2.33. The fraction of sp³-hybridized carbons (Fsp3) is 0.417. The number of aliphatic carboxylic acids is 1. The molecule has 5 nitrogen and oxygen atoms in total. The molecule has 1 rings (SSSR count). The van der Waals surface area contributed by atoms with Crippen molar-refractivity contribution in [2.24, 2.45) is 5.73 Å². The normalized spacial score (nSPS) is 12.3. The van der Waals surface area contributed by atoms with Crippen molar-refractivity contribution in [1.29, 1.82) is 0 Å². The number of halogens is 1. The van der Waals surface area contributed by atoms with Crippen molar-refractivity contribution < 1.29 is 19.4 Å². The number of carbonyl (C=O) groups is 1. The zero-order valence-electron chi connectivity index (χ0n) is 10.4. The van der Waals surface area contributed by atoms with Crippen LogP contribution < -0.4 is 15.2 Å². The van der Waals surface area contributed by atoms with E-state index in [1.807, 2.05) is 13.8 Å². The van der Waals surface area contributed by atoms with E-state index < -0.39 is 12.0 Å². The Bertz CT molecular complexity index is 448. The molecule has 1 atom stereocenters. The SMILES string of the molecule is COc1ccc(Br)c(C(N)C(=O)O)c1OC(C)C. The van der Waals surface area contributed by atoms with Crippen molar-refractivity contribution in [3.8, 4) is 11.5 Å². The van der Waals surface area contributed by atoms with E-state index in [4.69, 9.17) is 20.3 Å². The number of hydrogen-bond donors (Lipinski definition) is 2. The smallest absolute Gasteiger partial charge is 0.325 e. The molecule has 1 aromatic carbocycles. The second-order valence-corrected chi connectivity index (χ2v) is 4.83. The lowest BCUT2D eigenvalue weighted by atomic mass is 10.1. The maximum absolute atomic E-state index is 11.0. The number of carboxylic acid groups (broad SMARTS) is 1. The molecule has 0 amide bonds. The molecule has 1 unspecified atom stereocenters. The van der Waals surface area contributed by atoms with Gasteiger partial charge in [-0.15, -0.1) is 0 Å². The van der Waals surface area contributed by atoms with Gasteiger partial charge >= 0.3 is 5.97 Å². The molecular formula is C12H16BrNO4. The van der Waals surface area contributed by atoms with Gasteiger partial charge in [0.2, 0.25) is 0 Å². The number of rotatable bonds is 5. The second-order valence-electron chi connectivity index (χ2n) is 3.97. The van der Waals surface area contributed by atoms with E-state index in [1.54, 1.807) is 12.1 Å². The van der Waals surface area contributed by atoms with Crippen molar-refractivity contribution in [2.45, 2.75) is 26.0 Å². The van der Waals surface area contributed by atoms with Crippen LogP contribution >= 0.6 is 15.9 Å². The molecule has 18 heavy (non-hydrogen) atoms.